The molecule has 1 aromatic heterocycles. The van der Waals surface area contributed by atoms with Crippen molar-refractivity contribution >= 4 is 15.7 Å². The van der Waals surface area contributed by atoms with Crippen molar-refractivity contribution in [1.82, 2.24) is 9.88 Å². The second kappa shape index (κ2) is 11.7. The second-order valence-corrected chi connectivity index (χ2v) is 10.2. The molecule has 10 nitrogen and oxygen atoms in total. The van der Waals surface area contributed by atoms with E-state index in [-0.39, 0.29) is 21.7 Å². The minimum atomic E-state index is -4.05. The Labute approximate surface area is 217 Å². The molecule has 200 valence electrons. The smallest absolute Gasteiger partial charge is 0.233 e. The van der Waals surface area contributed by atoms with E-state index in [0.29, 0.717) is 48.3 Å². The van der Waals surface area contributed by atoms with Crippen molar-refractivity contribution in [2.24, 2.45) is 0 Å². The first kappa shape index (κ1) is 26.6. The molecule has 1 aliphatic rings. The predicted molar refractivity (Wildman–Crippen MR) is 139 cm³/mol. The molecule has 0 aliphatic carbocycles. The molecule has 1 N–H and O–H groups in total. The zero-order chi connectivity index (χ0) is 26.4. The maximum atomic E-state index is 13.7. The van der Waals surface area contributed by atoms with Crippen molar-refractivity contribution < 1.29 is 31.8 Å². The number of sulfone groups is 1. The molecule has 0 saturated carbocycles. The Morgan fingerprint density at radius 3 is 2.41 bits per heavy atom. The molecule has 3 aromatic rings. The normalized spacial score (nSPS) is 13.0. The van der Waals surface area contributed by atoms with Crippen LogP contribution in [0.2, 0.25) is 0 Å². The summed E-state index contributed by atoms with van der Waals surface area (Å²) in [5.41, 5.74) is 0.549. The molecule has 0 amide bonds. The van der Waals surface area contributed by atoms with Crippen molar-refractivity contribution in [2.45, 2.75) is 30.2 Å². The largest absolute Gasteiger partial charge is 0.493 e. The van der Waals surface area contributed by atoms with E-state index < -0.39 is 9.84 Å². The van der Waals surface area contributed by atoms with Crippen LogP contribution < -0.4 is 24.3 Å². The summed E-state index contributed by atoms with van der Waals surface area (Å²) in [5, 5.41) is 2.95. The lowest BCUT2D eigenvalue weighted by Gasteiger charge is -2.18. The van der Waals surface area contributed by atoms with Crippen LogP contribution in [0.3, 0.4) is 0 Å². The molecule has 0 atom stereocenters. The Morgan fingerprint density at radius 1 is 0.973 bits per heavy atom. The topological polar surface area (TPSA) is 112 Å². The van der Waals surface area contributed by atoms with Crippen LogP contribution >= 0.6 is 0 Å². The molecular formula is C26H33N3O7S. The van der Waals surface area contributed by atoms with Gasteiger partial charge in [-0.2, -0.15) is 4.98 Å². The average molecular weight is 532 g/mol. The third kappa shape index (κ3) is 5.78. The first-order chi connectivity index (χ1) is 17.9. The number of hydrogen-bond acceptors (Lipinski definition) is 10. The zero-order valence-corrected chi connectivity index (χ0v) is 22.4. The molecule has 2 heterocycles. The number of ether oxygens (including phenoxy) is 4. The lowest BCUT2D eigenvalue weighted by atomic mass is 10.2. The SMILES string of the molecule is CCN(CC)CCCNc1oc(-c2ccc(OC)c(OC)c2)nc1S(=O)(=O)c1ccc2c(c1)OCCO2. The maximum Gasteiger partial charge on any atom is 0.233 e. The number of nitrogens with one attached hydrogen (secondary N) is 1. The zero-order valence-electron chi connectivity index (χ0n) is 21.6. The number of oxazole rings is 1. The summed E-state index contributed by atoms with van der Waals surface area (Å²) in [6.07, 6.45) is 0.803. The number of methoxy groups -OCH3 is 2. The van der Waals surface area contributed by atoms with Gasteiger partial charge in [0.15, 0.2) is 23.0 Å². The Kier molecular flexibility index (Phi) is 8.45. The number of rotatable bonds is 12. The van der Waals surface area contributed by atoms with E-state index in [0.717, 1.165) is 26.1 Å². The summed E-state index contributed by atoms with van der Waals surface area (Å²) >= 11 is 0. The van der Waals surface area contributed by atoms with Gasteiger partial charge in [0.1, 0.15) is 13.2 Å². The van der Waals surface area contributed by atoms with Crippen molar-refractivity contribution in [2.75, 3.05) is 58.9 Å². The van der Waals surface area contributed by atoms with E-state index in [1.165, 1.54) is 19.2 Å². The van der Waals surface area contributed by atoms with Gasteiger partial charge in [-0.25, -0.2) is 8.42 Å². The van der Waals surface area contributed by atoms with E-state index in [2.05, 4.69) is 29.0 Å². The predicted octanol–water partition coefficient (Wildman–Crippen LogP) is 4.11. The molecule has 1 aliphatic heterocycles. The molecule has 0 spiro atoms. The molecule has 37 heavy (non-hydrogen) atoms. The highest BCUT2D eigenvalue weighted by Gasteiger charge is 2.30. The number of benzene rings is 2. The van der Waals surface area contributed by atoms with Crippen LogP contribution in [-0.2, 0) is 9.84 Å². The minimum absolute atomic E-state index is 0.0371. The standard InChI is InChI=1S/C26H33N3O7S/c1-5-29(6-2)13-7-12-27-25-26(28-24(36-25)18-8-10-20(32-3)22(16-18)33-4)37(30,31)19-9-11-21-23(17-19)35-15-14-34-21/h8-11,16-17,27H,5-7,12-15H2,1-4H3. The van der Waals surface area contributed by atoms with Gasteiger partial charge in [-0.1, -0.05) is 13.8 Å². The number of aromatic nitrogens is 1. The van der Waals surface area contributed by atoms with Gasteiger partial charge in [0, 0.05) is 18.2 Å². The molecule has 0 unspecified atom stereocenters. The highest BCUT2D eigenvalue weighted by atomic mass is 32.2. The van der Waals surface area contributed by atoms with Crippen LogP contribution in [0.5, 0.6) is 23.0 Å². The van der Waals surface area contributed by atoms with Crippen LogP contribution in [0, 0.1) is 0 Å². The Hall–Kier alpha value is -3.44. The fourth-order valence-corrected chi connectivity index (χ4v) is 5.33. The van der Waals surface area contributed by atoms with E-state index in [1.54, 1.807) is 31.4 Å². The highest BCUT2D eigenvalue weighted by molar-refractivity contribution is 7.91. The van der Waals surface area contributed by atoms with Crippen molar-refractivity contribution in [3.05, 3.63) is 36.4 Å². The first-order valence-electron chi connectivity index (χ1n) is 12.2. The summed E-state index contributed by atoms with van der Waals surface area (Å²) < 4.78 is 55.3. The minimum Gasteiger partial charge on any atom is -0.493 e. The molecule has 11 heteroatoms. The molecule has 4 rings (SSSR count). The third-order valence-electron chi connectivity index (χ3n) is 6.14. The molecule has 2 aromatic carbocycles. The van der Waals surface area contributed by atoms with Gasteiger partial charge in [-0.3, -0.25) is 0 Å². The van der Waals surface area contributed by atoms with E-state index >= 15 is 0 Å². The first-order valence-corrected chi connectivity index (χ1v) is 13.7. The molecule has 0 fully saturated rings. The number of anilines is 1. The number of nitrogens with zero attached hydrogens (tertiary/aromatic N) is 2. The Morgan fingerprint density at radius 2 is 1.70 bits per heavy atom. The summed E-state index contributed by atoms with van der Waals surface area (Å²) in [5.74, 6) is 2.12. The Balaban J connectivity index is 1.69. The van der Waals surface area contributed by atoms with Gasteiger partial charge >= 0.3 is 0 Å². The van der Waals surface area contributed by atoms with Crippen LogP contribution in [0.4, 0.5) is 5.88 Å². The fourth-order valence-electron chi connectivity index (χ4n) is 4.04. The van der Waals surface area contributed by atoms with Crippen LogP contribution in [-0.4, -0.2) is 71.9 Å². The van der Waals surface area contributed by atoms with E-state index in [1.807, 2.05) is 0 Å². The maximum absolute atomic E-state index is 13.7. The summed E-state index contributed by atoms with van der Waals surface area (Å²) in [6, 6.07) is 9.67. The van der Waals surface area contributed by atoms with E-state index in [9.17, 15) is 8.42 Å². The van der Waals surface area contributed by atoms with Crippen molar-refractivity contribution in [3.8, 4) is 34.5 Å². The van der Waals surface area contributed by atoms with Crippen LogP contribution in [0.1, 0.15) is 20.3 Å². The number of fused-ring (bicyclic) bond motifs is 1. The van der Waals surface area contributed by atoms with Crippen molar-refractivity contribution in [1.29, 1.82) is 0 Å². The molecular weight excluding hydrogens is 498 g/mol. The molecule has 0 saturated heterocycles. The van der Waals surface area contributed by atoms with Gasteiger partial charge in [0.2, 0.25) is 26.6 Å². The van der Waals surface area contributed by atoms with Gasteiger partial charge in [0.05, 0.1) is 19.1 Å². The molecule has 0 bridgehead atoms. The van der Waals surface area contributed by atoms with Crippen molar-refractivity contribution in [3.63, 3.8) is 0 Å². The Bertz CT molecular complexity index is 1320. The summed E-state index contributed by atoms with van der Waals surface area (Å²) in [7, 11) is -0.983. The summed E-state index contributed by atoms with van der Waals surface area (Å²) in [4.78, 5) is 6.75. The monoisotopic (exact) mass is 531 g/mol. The lowest BCUT2D eigenvalue weighted by Crippen LogP contribution is -2.25. The second-order valence-electron chi connectivity index (χ2n) is 8.34. The van der Waals surface area contributed by atoms with Crippen LogP contribution in [0.25, 0.3) is 11.5 Å². The van der Waals surface area contributed by atoms with Crippen LogP contribution in [0.15, 0.2) is 50.7 Å². The van der Waals surface area contributed by atoms with Gasteiger partial charge in [0.25, 0.3) is 0 Å². The van der Waals surface area contributed by atoms with Gasteiger partial charge < -0.3 is 33.6 Å². The third-order valence-corrected chi connectivity index (χ3v) is 7.80. The number of hydrogen-bond donors (Lipinski definition) is 1. The van der Waals surface area contributed by atoms with Gasteiger partial charge in [-0.05, 0) is 56.4 Å². The molecule has 0 radical (unpaired) electrons. The fraction of sp³-hybridized carbons (Fsp3) is 0.423. The van der Waals surface area contributed by atoms with Gasteiger partial charge in [-0.15, -0.1) is 0 Å². The van der Waals surface area contributed by atoms with E-state index in [4.69, 9.17) is 23.4 Å². The quantitative estimate of drug-likeness (QED) is 0.343. The summed E-state index contributed by atoms with van der Waals surface area (Å²) in [6.45, 7) is 8.28. The average Bonchev–Trinajstić information content (AvgIpc) is 3.37. The lowest BCUT2D eigenvalue weighted by molar-refractivity contribution is 0.171. The highest BCUT2D eigenvalue weighted by Crippen LogP contribution is 2.38.